The topological polar surface area (TPSA) is 72.5 Å². The van der Waals surface area contributed by atoms with Gasteiger partial charge in [-0.2, -0.15) is 0 Å². The number of nitrogens with one attached hydrogen (secondary N) is 1. The van der Waals surface area contributed by atoms with Crippen LogP contribution >= 0.6 is 0 Å². The van der Waals surface area contributed by atoms with Gasteiger partial charge in [-0.15, -0.1) is 0 Å². The van der Waals surface area contributed by atoms with E-state index < -0.39 is 16.0 Å². The van der Waals surface area contributed by atoms with Gasteiger partial charge in [-0.3, -0.25) is 0 Å². The maximum absolute atomic E-state index is 12.3. The van der Waals surface area contributed by atoms with Gasteiger partial charge in [0.25, 0.3) is 0 Å². The van der Waals surface area contributed by atoms with Crippen molar-refractivity contribution in [2.45, 2.75) is 18.4 Å². The minimum atomic E-state index is -3.63. The summed E-state index contributed by atoms with van der Waals surface area (Å²) in [5.41, 5.74) is 1.77. The molecule has 0 aliphatic carbocycles. The van der Waals surface area contributed by atoms with Crippen molar-refractivity contribution in [3.05, 3.63) is 65.2 Å². The minimum absolute atomic E-state index is 0.119. The Kier molecular flexibility index (Phi) is 4.95. The van der Waals surface area contributed by atoms with Crippen LogP contribution in [-0.4, -0.2) is 21.5 Å². The molecule has 2 rings (SSSR count). The molecule has 6 heteroatoms. The first-order valence-corrected chi connectivity index (χ1v) is 8.15. The minimum Gasteiger partial charge on any atom is -0.465 e. The van der Waals surface area contributed by atoms with Crippen molar-refractivity contribution in [3.63, 3.8) is 0 Å². The summed E-state index contributed by atoms with van der Waals surface area (Å²) in [5, 5.41) is 0. The van der Waals surface area contributed by atoms with E-state index in [0.29, 0.717) is 11.1 Å². The molecule has 22 heavy (non-hydrogen) atoms. The average molecular weight is 319 g/mol. The van der Waals surface area contributed by atoms with Crippen molar-refractivity contribution >= 4 is 16.0 Å². The van der Waals surface area contributed by atoms with Crippen LogP contribution in [0, 0.1) is 6.92 Å². The smallest absolute Gasteiger partial charge is 0.338 e. The Balaban J connectivity index is 2.19. The number of sulfonamides is 1. The summed E-state index contributed by atoms with van der Waals surface area (Å²) >= 11 is 0. The van der Waals surface area contributed by atoms with Crippen LogP contribution in [0.2, 0.25) is 0 Å². The summed E-state index contributed by atoms with van der Waals surface area (Å²) in [4.78, 5) is 11.6. The van der Waals surface area contributed by atoms with E-state index in [-0.39, 0.29) is 11.4 Å². The quantitative estimate of drug-likeness (QED) is 0.858. The van der Waals surface area contributed by atoms with Gasteiger partial charge < -0.3 is 4.74 Å². The fourth-order valence-corrected chi connectivity index (χ4v) is 3.10. The molecule has 0 saturated carbocycles. The third kappa shape index (κ3) is 3.72. The van der Waals surface area contributed by atoms with E-state index in [1.165, 1.54) is 25.3 Å². The van der Waals surface area contributed by atoms with Gasteiger partial charge in [0, 0.05) is 6.54 Å². The van der Waals surface area contributed by atoms with E-state index in [1.54, 1.807) is 6.92 Å². The molecule has 5 nitrogen and oxygen atoms in total. The molecule has 2 aromatic carbocycles. The number of hydrogen-bond donors (Lipinski definition) is 1. The Bertz CT molecular complexity index is 770. The number of methoxy groups -OCH3 is 1. The molecular formula is C16H17NO4S. The molecule has 116 valence electrons. The Morgan fingerprint density at radius 1 is 1.14 bits per heavy atom. The fraction of sp³-hybridized carbons (Fsp3) is 0.188. The number of ether oxygens (including phenoxy) is 1. The van der Waals surface area contributed by atoms with E-state index >= 15 is 0 Å². The number of rotatable bonds is 5. The van der Waals surface area contributed by atoms with Crippen LogP contribution in [0.5, 0.6) is 0 Å². The van der Waals surface area contributed by atoms with Crippen molar-refractivity contribution in [2.24, 2.45) is 0 Å². The van der Waals surface area contributed by atoms with Crippen molar-refractivity contribution in [1.29, 1.82) is 0 Å². The first-order chi connectivity index (χ1) is 10.4. The normalized spacial score (nSPS) is 11.2. The Hall–Kier alpha value is -2.18. The highest BCUT2D eigenvalue weighted by molar-refractivity contribution is 7.89. The molecule has 0 spiro atoms. The molecule has 0 bridgehead atoms. The zero-order valence-electron chi connectivity index (χ0n) is 12.4. The van der Waals surface area contributed by atoms with Gasteiger partial charge in [-0.05, 0) is 36.2 Å². The number of carbonyl (C=O) groups excluding carboxylic acids is 1. The SMILES string of the molecule is COC(=O)c1ccc(S(=O)(=O)NCc2ccccc2)cc1C. The Morgan fingerprint density at radius 2 is 1.82 bits per heavy atom. The zero-order valence-corrected chi connectivity index (χ0v) is 13.2. The van der Waals surface area contributed by atoms with Crippen LogP contribution in [0.1, 0.15) is 21.5 Å². The van der Waals surface area contributed by atoms with Crippen molar-refractivity contribution in [3.8, 4) is 0 Å². The van der Waals surface area contributed by atoms with E-state index in [1.807, 2.05) is 30.3 Å². The number of aryl methyl sites for hydroxylation is 1. The molecule has 0 aromatic heterocycles. The second kappa shape index (κ2) is 6.72. The second-order valence-electron chi connectivity index (χ2n) is 4.78. The van der Waals surface area contributed by atoms with Gasteiger partial charge in [0.15, 0.2) is 0 Å². The number of benzene rings is 2. The van der Waals surface area contributed by atoms with Gasteiger partial charge in [0.1, 0.15) is 0 Å². The molecule has 0 unspecified atom stereocenters. The van der Waals surface area contributed by atoms with Crippen molar-refractivity contribution in [2.75, 3.05) is 7.11 Å². The average Bonchev–Trinajstić information content (AvgIpc) is 2.53. The van der Waals surface area contributed by atoms with Crippen LogP contribution in [0.15, 0.2) is 53.4 Å². The molecule has 0 saturated heterocycles. The maximum Gasteiger partial charge on any atom is 0.338 e. The molecule has 0 fully saturated rings. The highest BCUT2D eigenvalue weighted by Crippen LogP contribution is 2.16. The maximum atomic E-state index is 12.3. The van der Waals surface area contributed by atoms with E-state index in [2.05, 4.69) is 9.46 Å². The summed E-state index contributed by atoms with van der Waals surface area (Å²) in [5.74, 6) is -0.487. The third-order valence-electron chi connectivity index (χ3n) is 3.22. The Labute approximate surface area is 130 Å². The van der Waals surface area contributed by atoms with Crippen LogP contribution in [0.4, 0.5) is 0 Å². The van der Waals surface area contributed by atoms with Gasteiger partial charge >= 0.3 is 5.97 Å². The van der Waals surface area contributed by atoms with Crippen LogP contribution in [0.25, 0.3) is 0 Å². The summed E-state index contributed by atoms with van der Waals surface area (Å²) in [7, 11) is -2.35. The molecule has 2 aromatic rings. The van der Waals surface area contributed by atoms with Gasteiger partial charge in [0.05, 0.1) is 17.6 Å². The molecule has 0 radical (unpaired) electrons. The first kappa shape index (κ1) is 16.2. The monoisotopic (exact) mass is 319 g/mol. The fourth-order valence-electron chi connectivity index (χ4n) is 2.00. The highest BCUT2D eigenvalue weighted by Gasteiger charge is 2.17. The predicted molar refractivity (Wildman–Crippen MR) is 83.0 cm³/mol. The number of hydrogen-bond acceptors (Lipinski definition) is 4. The standard InChI is InChI=1S/C16H17NO4S/c1-12-10-14(8-9-15(12)16(18)21-2)22(19,20)17-11-13-6-4-3-5-7-13/h3-10,17H,11H2,1-2H3. The second-order valence-corrected chi connectivity index (χ2v) is 6.55. The van der Waals surface area contributed by atoms with Crippen molar-refractivity contribution in [1.82, 2.24) is 4.72 Å². The summed E-state index contributed by atoms with van der Waals surface area (Å²) < 4.78 is 31.7. The van der Waals surface area contributed by atoms with Gasteiger partial charge in [-0.25, -0.2) is 17.9 Å². The molecular weight excluding hydrogens is 302 g/mol. The van der Waals surface area contributed by atoms with E-state index in [0.717, 1.165) is 5.56 Å². The Morgan fingerprint density at radius 3 is 2.41 bits per heavy atom. The first-order valence-electron chi connectivity index (χ1n) is 6.66. The highest BCUT2D eigenvalue weighted by atomic mass is 32.2. The molecule has 0 heterocycles. The molecule has 0 amide bonds. The summed E-state index contributed by atoms with van der Waals surface area (Å²) in [6.07, 6.45) is 0. The number of carbonyl (C=O) groups is 1. The van der Waals surface area contributed by atoms with Crippen LogP contribution in [-0.2, 0) is 21.3 Å². The largest absolute Gasteiger partial charge is 0.465 e. The number of esters is 1. The lowest BCUT2D eigenvalue weighted by atomic mass is 10.1. The lowest BCUT2D eigenvalue weighted by Gasteiger charge is -2.09. The van der Waals surface area contributed by atoms with E-state index in [4.69, 9.17) is 0 Å². The van der Waals surface area contributed by atoms with Gasteiger partial charge in [0.2, 0.25) is 10.0 Å². The van der Waals surface area contributed by atoms with Crippen molar-refractivity contribution < 1.29 is 17.9 Å². The van der Waals surface area contributed by atoms with Gasteiger partial charge in [-0.1, -0.05) is 30.3 Å². The lowest BCUT2D eigenvalue weighted by Crippen LogP contribution is -2.23. The molecule has 0 aliphatic heterocycles. The predicted octanol–water partition coefficient (Wildman–Crippen LogP) is 2.26. The van der Waals surface area contributed by atoms with Crippen LogP contribution < -0.4 is 4.72 Å². The van der Waals surface area contributed by atoms with Crippen LogP contribution in [0.3, 0.4) is 0 Å². The van der Waals surface area contributed by atoms with E-state index in [9.17, 15) is 13.2 Å². The summed E-state index contributed by atoms with van der Waals surface area (Å²) in [6.45, 7) is 1.88. The lowest BCUT2D eigenvalue weighted by molar-refractivity contribution is 0.0600. The summed E-state index contributed by atoms with van der Waals surface area (Å²) in [6, 6.07) is 13.6. The molecule has 0 atom stereocenters. The molecule has 1 N–H and O–H groups in total. The third-order valence-corrected chi connectivity index (χ3v) is 4.62. The zero-order chi connectivity index (χ0) is 16.2. The molecule has 0 aliphatic rings.